The summed E-state index contributed by atoms with van der Waals surface area (Å²) in [6, 6.07) is 18.2. The van der Waals surface area contributed by atoms with Gasteiger partial charge in [-0.1, -0.05) is 42.2 Å². The Morgan fingerprint density at radius 1 is 1.12 bits per heavy atom. The van der Waals surface area contributed by atoms with E-state index >= 15 is 0 Å². The van der Waals surface area contributed by atoms with Crippen molar-refractivity contribution < 1.29 is 4.79 Å². The van der Waals surface area contributed by atoms with E-state index in [-0.39, 0.29) is 16.9 Å². The second kappa shape index (κ2) is 11.3. The fourth-order valence-electron chi connectivity index (χ4n) is 5.23. The van der Waals surface area contributed by atoms with Crippen LogP contribution in [0, 0.1) is 11.8 Å². The van der Waals surface area contributed by atoms with Crippen LogP contribution in [-0.4, -0.2) is 62.7 Å². The molecule has 0 radical (unpaired) electrons. The summed E-state index contributed by atoms with van der Waals surface area (Å²) < 4.78 is 3.11. The quantitative estimate of drug-likeness (QED) is 0.289. The van der Waals surface area contributed by atoms with E-state index in [1.165, 1.54) is 4.52 Å². The molecule has 0 bridgehead atoms. The van der Waals surface area contributed by atoms with Gasteiger partial charge in [0.2, 0.25) is 0 Å². The van der Waals surface area contributed by atoms with E-state index in [0.717, 1.165) is 31.6 Å². The summed E-state index contributed by atoms with van der Waals surface area (Å²) in [6.45, 7) is 6.30. The number of para-hydroxylation sites is 1. The van der Waals surface area contributed by atoms with Crippen LogP contribution in [0.3, 0.4) is 0 Å². The summed E-state index contributed by atoms with van der Waals surface area (Å²) >= 11 is 0. The molecule has 1 fully saturated rings. The molecule has 0 saturated carbocycles. The lowest BCUT2D eigenvalue weighted by Gasteiger charge is -2.24. The molecule has 0 spiro atoms. The van der Waals surface area contributed by atoms with E-state index in [4.69, 9.17) is 5.73 Å². The molecule has 1 aliphatic rings. The van der Waals surface area contributed by atoms with Crippen molar-refractivity contribution in [1.82, 2.24) is 34.7 Å². The zero-order chi connectivity index (χ0) is 28.3. The number of carbonyl (C=O) groups is 1. The van der Waals surface area contributed by atoms with Gasteiger partial charge in [-0.15, -0.1) is 5.10 Å². The van der Waals surface area contributed by atoms with Gasteiger partial charge < -0.3 is 16.4 Å². The highest BCUT2D eigenvalue weighted by molar-refractivity contribution is 6.04. The molecule has 1 aliphatic heterocycles. The monoisotopic (exact) mass is 546 g/mol. The van der Waals surface area contributed by atoms with Crippen LogP contribution < -0.4 is 21.9 Å². The number of benzene rings is 2. The molecular weight excluding hydrogens is 516 g/mol. The van der Waals surface area contributed by atoms with Gasteiger partial charge in [0.15, 0.2) is 11.5 Å². The molecule has 206 valence electrons. The third kappa shape index (κ3) is 5.16. The highest BCUT2D eigenvalue weighted by Gasteiger charge is 2.24. The minimum atomic E-state index is -0.555. The maximum atomic E-state index is 14.2. The van der Waals surface area contributed by atoms with Crippen LogP contribution in [0.25, 0.3) is 22.1 Å². The molecule has 4 heterocycles. The Kier molecular flexibility index (Phi) is 7.20. The smallest absolute Gasteiger partial charge is 0.264 e. The maximum Gasteiger partial charge on any atom is 0.264 e. The standard InChI is InChI=1S/C31H30N8O2/c1-21(35-30(40)27-28(32)36-38-17-7-13-34-29(27)38)25-20-23-9-5-8-22(10-6-16-37-18-14-33-15-19-37)26(23)31(41)39(25)24-11-3-2-4-12-24/h2-5,7-9,11-13,17,20-21,33H,14-16,18-19H2,1H3,(H2,32,36)(H,35,40). The average molecular weight is 547 g/mol. The molecule has 6 rings (SSSR count). The SMILES string of the molecule is CC(NC(=O)c1c(N)nn2cccnc12)c1cc2cccc(C#CCN3CCNCC3)c2c(=O)n1-c1ccccc1. The highest BCUT2D eigenvalue weighted by atomic mass is 16.2. The molecular formula is C31H30N8O2. The van der Waals surface area contributed by atoms with Gasteiger partial charge in [0.25, 0.3) is 11.5 Å². The number of fused-ring (bicyclic) bond motifs is 2. The predicted octanol–water partition coefficient (Wildman–Crippen LogP) is 2.36. The maximum absolute atomic E-state index is 14.2. The van der Waals surface area contributed by atoms with E-state index in [1.54, 1.807) is 23.0 Å². The number of amides is 1. The van der Waals surface area contributed by atoms with Crippen molar-refractivity contribution in [3.8, 4) is 17.5 Å². The Bertz CT molecular complexity index is 1860. The van der Waals surface area contributed by atoms with Crippen LogP contribution in [0.1, 0.15) is 34.6 Å². The van der Waals surface area contributed by atoms with Gasteiger partial charge in [0.1, 0.15) is 5.56 Å². The number of nitrogen functional groups attached to an aromatic ring is 1. The number of nitrogens with one attached hydrogen (secondary N) is 2. The van der Waals surface area contributed by atoms with Crippen LogP contribution in [0.4, 0.5) is 5.82 Å². The Morgan fingerprint density at radius 3 is 2.73 bits per heavy atom. The van der Waals surface area contributed by atoms with Gasteiger partial charge in [-0.2, -0.15) is 0 Å². The number of nitrogens with two attached hydrogens (primary N) is 1. The molecule has 5 aromatic rings. The predicted molar refractivity (Wildman–Crippen MR) is 159 cm³/mol. The molecule has 4 N–H and O–H groups in total. The van der Waals surface area contributed by atoms with Crippen LogP contribution >= 0.6 is 0 Å². The minimum absolute atomic E-state index is 0.0800. The minimum Gasteiger partial charge on any atom is -0.381 e. The first-order valence-corrected chi connectivity index (χ1v) is 13.6. The first-order chi connectivity index (χ1) is 20.0. The number of aromatic nitrogens is 4. The Morgan fingerprint density at radius 2 is 1.93 bits per heavy atom. The largest absolute Gasteiger partial charge is 0.381 e. The lowest BCUT2D eigenvalue weighted by atomic mass is 10.0. The summed E-state index contributed by atoms with van der Waals surface area (Å²) in [7, 11) is 0. The summed E-state index contributed by atoms with van der Waals surface area (Å²) in [5.41, 5.74) is 8.43. The summed E-state index contributed by atoms with van der Waals surface area (Å²) in [6.07, 6.45) is 3.26. The van der Waals surface area contributed by atoms with Crippen molar-refractivity contribution in [2.75, 3.05) is 38.5 Å². The van der Waals surface area contributed by atoms with E-state index in [2.05, 4.69) is 37.5 Å². The molecule has 1 saturated heterocycles. The number of nitrogens with zero attached hydrogens (tertiary/aromatic N) is 5. The molecule has 10 nitrogen and oxygen atoms in total. The topological polar surface area (TPSA) is 123 Å². The van der Waals surface area contributed by atoms with Crippen LogP contribution in [0.5, 0.6) is 0 Å². The van der Waals surface area contributed by atoms with E-state index in [9.17, 15) is 9.59 Å². The number of piperazine rings is 1. The highest BCUT2D eigenvalue weighted by Crippen LogP contribution is 2.24. The number of hydrogen-bond acceptors (Lipinski definition) is 7. The molecule has 1 unspecified atom stereocenters. The average Bonchev–Trinajstić information content (AvgIpc) is 3.33. The number of anilines is 1. The summed E-state index contributed by atoms with van der Waals surface area (Å²) in [5, 5.41) is 11.8. The van der Waals surface area contributed by atoms with Gasteiger partial charge >= 0.3 is 0 Å². The summed E-state index contributed by atoms with van der Waals surface area (Å²) in [5.74, 6) is 6.17. The fraction of sp³-hybridized carbons (Fsp3) is 0.226. The molecule has 41 heavy (non-hydrogen) atoms. The van der Waals surface area contributed by atoms with E-state index in [1.807, 2.05) is 61.5 Å². The van der Waals surface area contributed by atoms with Crippen molar-refractivity contribution >= 4 is 28.1 Å². The van der Waals surface area contributed by atoms with Crippen molar-refractivity contribution in [3.63, 3.8) is 0 Å². The van der Waals surface area contributed by atoms with Crippen LogP contribution in [0.15, 0.2) is 77.9 Å². The molecule has 10 heteroatoms. The Balaban J connectivity index is 1.41. The fourth-order valence-corrected chi connectivity index (χ4v) is 5.23. The van der Waals surface area contributed by atoms with E-state index < -0.39 is 11.9 Å². The first-order valence-electron chi connectivity index (χ1n) is 13.6. The Hall–Kier alpha value is -4.98. The molecule has 1 atom stereocenters. The van der Waals surface area contributed by atoms with Crippen molar-refractivity contribution in [2.24, 2.45) is 0 Å². The van der Waals surface area contributed by atoms with Crippen molar-refractivity contribution in [1.29, 1.82) is 0 Å². The van der Waals surface area contributed by atoms with Crippen molar-refractivity contribution in [3.05, 3.63) is 100 Å². The third-order valence-electron chi connectivity index (χ3n) is 7.27. The number of rotatable bonds is 5. The van der Waals surface area contributed by atoms with Gasteiger partial charge in [-0.3, -0.25) is 19.1 Å². The van der Waals surface area contributed by atoms with Gasteiger partial charge in [0, 0.05) is 55.5 Å². The molecule has 3 aromatic heterocycles. The summed E-state index contributed by atoms with van der Waals surface area (Å²) in [4.78, 5) is 34.2. The number of carbonyl (C=O) groups excluding carboxylic acids is 1. The molecule has 1 amide bonds. The Labute approximate surface area is 236 Å². The number of hydrogen-bond donors (Lipinski definition) is 3. The lowest BCUT2D eigenvalue weighted by Crippen LogP contribution is -2.43. The lowest BCUT2D eigenvalue weighted by molar-refractivity contribution is 0.0941. The third-order valence-corrected chi connectivity index (χ3v) is 7.27. The van der Waals surface area contributed by atoms with Crippen LogP contribution in [0.2, 0.25) is 0 Å². The normalized spacial score (nSPS) is 14.5. The number of pyridine rings is 1. The zero-order valence-corrected chi connectivity index (χ0v) is 22.7. The second-order valence-corrected chi connectivity index (χ2v) is 9.99. The zero-order valence-electron chi connectivity index (χ0n) is 22.7. The molecule has 0 aliphatic carbocycles. The first kappa shape index (κ1) is 26.3. The second-order valence-electron chi connectivity index (χ2n) is 9.99. The van der Waals surface area contributed by atoms with Gasteiger partial charge in [-0.05, 0) is 42.6 Å². The van der Waals surface area contributed by atoms with Crippen molar-refractivity contribution in [2.45, 2.75) is 13.0 Å². The van der Waals surface area contributed by atoms with Crippen LogP contribution in [-0.2, 0) is 0 Å². The van der Waals surface area contributed by atoms with Gasteiger partial charge in [0.05, 0.1) is 18.0 Å². The van der Waals surface area contributed by atoms with Gasteiger partial charge in [-0.25, -0.2) is 9.50 Å². The molecule has 2 aromatic carbocycles. The van der Waals surface area contributed by atoms with E-state index in [0.29, 0.717) is 34.5 Å².